The first kappa shape index (κ1) is 17.1. The summed E-state index contributed by atoms with van der Waals surface area (Å²) in [4.78, 5) is -0.0725. The molecule has 0 bridgehead atoms. The summed E-state index contributed by atoms with van der Waals surface area (Å²) in [6.07, 6.45) is 0. The molecule has 1 atom stereocenters. The van der Waals surface area contributed by atoms with Gasteiger partial charge in [-0.15, -0.1) is 0 Å². The minimum absolute atomic E-state index is 0.0725. The lowest BCUT2D eigenvalue weighted by atomic mass is 10.0. The number of hydrogen-bond acceptors (Lipinski definition) is 2. The maximum absolute atomic E-state index is 6.38. The van der Waals surface area contributed by atoms with Crippen LogP contribution in [0.1, 0.15) is 16.0 Å². The molecule has 2 aromatic carbocycles. The summed E-state index contributed by atoms with van der Waals surface area (Å²) >= 11 is 17.1. The zero-order valence-corrected chi connectivity index (χ0v) is 16.8. The van der Waals surface area contributed by atoms with Crippen molar-refractivity contribution in [3.8, 4) is 11.5 Å². The second-order valence-electron chi connectivity index (χ2n) is 4.26. The van der Waals surface area contributed by atoms with Gasteiger partial charge in [-0.1, -0.05) is 59.4 Å². The van der Waals surface area contributed by atoms with Crippen molar-refractivity contribution in [3.05, 3.63) is 55.4 Å². The maximum Gasteiger partial charge on any atom is 0.162 e. The summed E-state index contributed by atoms with van der Waals surface area (Å²) in [5.74, 6) is 1.26. The number of halogens is 4. The average molecular weight is 499 g/mol. The van der Waals surface area contributed by atoms with Gasteiger partial charge < -0.3 is 9.47 Å². The number of hydrogen-bond donors (Lipinski definition) is 0. The van der Waals surface area contributed by atoms with Crippen molar-refractivity contribution < 1.29 is 9.47 Å². The molecule has 1 unspecified atom stereocenters. The van der Waals surface area contributed by atoms with Crippen LogP contribution in [0.2, 0.25) is 5.02 Å². The third kappa shape index (κ3) is 3.76. The Morgan fingerprint density at radius 1 is 0.952 bits per heavy atom. The molecular weight excluding hydrogens is 487 g/mol. The van der Waals surface area contributed by atoms with Crippen LogP contribution in [0.4, 0.5) is 0 Å². The fraction of sp³-hybridized carbons (Fsp3) is 0.200. The van der Waals surface area contributed by atoms with Gasteiger partial charge in [0.05, 0.1) is 19.0 Å². The number of rotatable bonds is 4. The van der Waals surface area contributed by atoms with E-state index >= 15 is 0 Å². The Hall–Kier alpha value is -0.230. The fourth-order valence-corrected chi connectivity index (χ4v) is 4.25. The van der Waals surface area contributed by atoms with Crippen molar-refractivity contribution in [2.45, 2.75) is 4.83 Å². The molecule has 21 heavy (non-hydrogen) atoms. The molecule has 6 heteroatoms. The Labute approximate surface area is 154 Å². The molecule has 0 amide bonds. The van der Waals surface area contributed by atoms with Gasteiger partial charge in [0.25, 0.3) is 0 Å². The van der Waals surface area contributed by atoms with Gasteiger partial charge in [0, 0.05) is 20.0 Å². The Balaban J connectivity index is 2.52. The van der Waals surface area contributed by atoms with Crippen molar-refractivity contribution in [2.24, 2.45) is 0 Å². The van der Waals surface area contributed by atoms with Crippen molar-refractivity contribution in [1.82, 2.24) is 0 Å². The fourth-order valence-electron chi connectivity index (χ4n) is 1.94. The number of methoxy groups -OCH3 is 2. The molecule has 0 aromatic heterocycles. The minimum Gasteiger partial charge on any atom is -0.493 e. The molecule has 0 spiro atoms. The molecule has 0 saturated carbocycles. The minimum atomic E-state index is -0.0725. The molecule has 0 radical (unpaired) electrons. The van der Waals surface area contributed by atoms with E-state index in [1.54, 1.807) is 20.3 Å². The van der Waals surface area contributed by atoms with Gasteiger partial charge in [-0.3, -0.25) is 0 Å². The highest BCUT2D eigenvalue weighted by Gasteiger charge is 2.20. The molecular formula is C15H12Br3ClO2. The highest BCUT2D eigenvalue weighted by Crippen LogP contribution is 2.43. The Bertz CT molecular complexity index is 662. The molecule has 0 aliphatic heterocycles. The van der Waals surface area contributed by atoms with E-state index in [-0.39, 0.29) is 4.83 Å². The van der Waals surface area contributed by atoms with Crippen LogP contribution >= 0.6 is 59.4 Å². The molecule has 2 aromatic rings. The smallest absolute Gasteiger partial charge is 0.162 e. The third-order valence-electron chi connectivity index (χ3n) is 3.01. The van der Waals surface area contributed by atoms with E-state index in [9.17, 15) is 0 Å². The predicted octanol–water partition coefficient (Wildman–Crippen LogP) is 6.37. The van der Waals surface area contributed by atoms with E-state index in [1.165, 1.54) is 0 Å². The summed E-state index contributed by atoms with van der Waals surface area (Å²) in [7, 11) is 3.19. The first-order valence-electron chi connectivity index (χ1n) is 5.98. The lowest BCUT2D eigenvalue weighted by Gasteiger charge is -2.17. The molecule has 0 aliphatic carbocycles. The summed E-state index contributed by atoms with van der Waals surface area (Å²) in [6.45, 7) is 0. The molecule has 0 fully saturated rings. The Kier molecular flexibility index (Phi) is 6.00. The molecule has 2 rings (SSSR count). The van der Waals surface area contributed by atoms with Gasteiger partial charge in [0.2, 0.25) is 0 Å². The molecule has 2 nitrogen and oxygen atoms in total. The van der Waals surface area contributed by atoms with Gasteiger partial charge in [0.15, 0.2) is 11.5 Å². The maximum atomic E-state index is 6.38. The largest absolute Gasteiger partial charge is 0.493 e. The quantitative estimate of drug-likeness (QED) is 0.456. The van der Waals surface area contributed by atoms with Crippen molar-refractivity contribution in [3.63, 3.8) is 0 Å². The van der Waals surface area contributed by atoms with Crippen LogP contribution in [0.15, 0.2) is 39.3 Å². The zero-order valence-electron chi connectivity index (χ0n) is 11.3. The highest BCUT2D eigenvalue weighted by molar-refractivity contribution is 9.11. The lowest BCUT2D eigenvalue weighted by Crippen LogP contribution is -1.98. The molecule has 0 saturated heterocycles. The number of alkyl halides is 1. The first-order chi connectivity index (χ1) is 9.97. The third-order valence-corrected chi connectivity index (χ3v) is 5.54. The number of benzene rings is 2. The van der Waals surface area contributed by atoms with Gasteiger partial charge in [-0.2, -0.15) is 0 Å². The molecule has 0 N–H and O–H groups in total. The molecule has 112 valence electrons. The second kappa shape index (κ2) is 7.36. The predicted molar refractivity (Wildman–Crippen MR) is 97.2 cm³/mol. The summed E-state index contributed by atoms with van der Waals surface area (Å²) in [6, 6.07) is 9.65. The van der Waals surface area contributed by atoms with Crippen LogP contribution in [-0.4, -0.2) is 14.2 Å². The van der Waals surface area contributed by atoms with E-state index in [1.807, 2.05) is 24.3 Å². The van der Waals surface area contributed by atoms with E-state index in [0.29, 0.717) is 16.5 Å². The SMILES string of the molecule is COc1cc(Cl)c(C(Br)c2cc(Br)ccc2Br)cc1OC. The first-order valence-corrected chi connectivity index (χ1v) is 8.86. The van der Waals surface area contributed by atoms with E-state index in [2.05, 4.69) is 47.8 Å². The summed E-state index contributed by atoms with van der Waals surface area (Å²) in [5.41, 5.74) is 1.98. The van der Waals surface area contributed by atoms with Gasteiger partial charge in [-0.05, 0) is 35.4 Å². The van der Waals surface area contributed by atoms with Crippen molar-refractivity contribution in [2.75, 3.05) is 14.2 Å². The number of ether oxygens (including phenoxy) is 2. The normalized spacial score (nSPS) is 12.1. The van der Waals surface area contributed by atoms with Gasteiger partial charge in [0.1, 0.15) is 0 Å². The van der Waals surface area contributed by atoms with Crippen LogP contribution in [0.25, 0.3) is 0 Å². The van der Waals surface area contributed by atoms with Crippen LogP contribution in [0.3, 0.4) is 0 Å². The standard InChI is InChI=1S/C15H12Br3ClO2/c1-20-13-6-10(12(19)7-14(13)21-2)15(18)9-5-8(16)3-4-11(9)17/h3-7,15H,1-2H3. The van der Waals surface area contributed by atoms with Crippen molar-refractivity contribution in [1.29, 1.82) is 0 Å². The van der Waals surface area contributed by atoms with Crippen LogP contribution in [0, 0.1) is 0 Å². The summed E-state index contributed by atoms with van der Waals surface area (Å²) < 4.78 is 12.6. The zero-order chi connectivity index (χ0) is 15.6. The Morgan fingerprint density at radius 2 is 1.57 bits per heavy atom. The van der Waals surface area contributed by atoms with E-state index in [4.69, 9.17) is 21.1 Å². The lowest BCUT2D eigenvalue weighted by molar-refractivity contribution is 0.354. The van der Waals surface area contributed by atoms with Gasteiger partial charge >= 0.3 is 0 Å². The Morgan fingerprint density at radius 3 is 2.19 bits per heavy atom. The van der Waals surface area contributed by atoms with Crippen LogP contribution < -0.4 is 9.47 Å². The monoisotopic (exact) mass is 496 g/mol. The topological polar surface area (TPSA) is 18.5 Å². The highest BCUT2D eigenvalue weighted by atomic mass is 79.9. The van der Waals surface area contributed by atoms with E-state index < -0.39 is 0 Å². The van der Waals surface area contributed by atoms with Crippen molar-refractivity contribution >= 4 is 59.4 Å². The van der Waals surface area contributed by atoms with Crippen LogP contribution in [0.5, 0.6) is 11.5 Å². The molecule has 0 heterocycles. The average Bonchev–Trinajstić information content (AvgIpc) is 2.48. The van der Waals surface area contributed by atoms with Crippen LogP contribution in [-0.2, 0) is 0 Å². The second-order valence-corrected chi connectivity index (χ2v) is 7.35. The van der Waals surface area contributed by atoms with Gasteiger partial charge in [-0.25, -0.2) is 0 Å². The molecule has 0 aliphatic rings. The summed E-state index contributed by atoms with van der Waals surface area (Å²) in [5, 5.41) is 0.612. The van der Waals surface area contributed by atoms with E-state index in [0.717, 1.165) is 20.1 Å².